The zero-order valence-electron chi connectivity index (χ0n) is 12.7. The Labute approximate surface area is 139 Å². The standard InChI is InChI=1S/C17H20BrN3O/c1-13-16(20-8-7-19-13)21-12-17(5-9-22-10-6-17)14-3-2-4-15(18)11-14/h2-4,7-8,11H,5-6,9-10,12H2,1H3,(H,20,21). The second-order valence-electron chi connectivity index (χ2n) is 5.75. The van der Waals surface area contributed by atoms with E-state index in [2.05, 4.69) is 55.5 Å². The van der Waals surface area contributed by atoms with Crippen molar-refractivity contribution in [3.05, 3.63) is 52.4 Å². The minimum absolute atomic E-state index is 0.0754. The lowest BCUT2D eigenvalue weighted by atomic mass is 9.74. The molecule has 1 fully saturated rings. The summed E-state index contributed by atoms with van der Waals surface area (Å²) in [7, 11) is 0. The van der Waals surface area contributed by atoms with Crippen LogP contribution in [0.25, 0.3) is 0 Å². The number of nitrogens with one attached hydrogen (secondary N) is 1. The van der Waals surface area contributed by atoms with Crippen LogP contribution in [-0.2, 0) is 10.2 Å². The number of benzene rings is 1. The number of aromatic nitrogens is 2. The van der Waals surface area contributed by atoms with Crippen LogP contribution in [0.5, 0.6) is 0 Å². The SMILES string of the molecule is Cc1nccnc1NCC1(c2cccc(Br)c2)CCOCC1. The number of rotatable bonds is 4. The maximum Gasteiger partial charge on any atom is 0.147 e. The van der Waals surface area contributed by atoms with Crippen molar-refractivity contribution >= 4 is 21.7 Å². The molecule has 1 aromatic carbocycles. The molecule has 1 aromatic heterocycles. The summed E-state index contributed by atoms with van der Waals surface area (Å²) < 4.78 is 6.70. The highest BCUT2D eigenvalue weighted by Gasteiger charge is 2.34. The lowest BCUT2D eigenvalue weighted by molar-refractivity contribution is 0.0543. The number of hydrogen-bond acceptors (Lipinski definition) is 4. The Hall–Kier alpha value is -1.46. The summed E-state index contributed by atoms with van der Waals surface area (Å²) in [6.07, 6.45) is 5.47. The van der Waals surface area contributed by atoms with Crippen LogP contribution in [0.4, 0.5) is 5.82 Å². The van der Waals surface area contributed by atoms with Gasteiger partial charge in [0.05, 0.1) is 5.69 Å². The van der Waals surface area contributed by atoms with Crippen LogP contribution < -0.4 is 5.32 Å². The van der Waals surface area contributed by atoms with E-state index in [1.54, 1.807) is 12.4 Å². The Morgan fingerprint density at radius 3 is 2.73 bits per heavy atom. The van der Waals surface area contributed by atoms with Gasteiger partial charge >= 0.3 is 0 Å². The number of aryl methyl sites for hydroxylation is 1. The highest BCUT2D eigenvalue weighted by atomic mass is 79.9. The van der Waals surface area contributed by atoms with Crippen LogP contribution in [0.1, 0.15) is 24.1 Å². The second-order valence-corrected chi connectivity index (χ2v) is 6.66. The van der Waals surface area contributed by atoms with Gasteiger partial charge in [-0.15, -0.1) is 0 Å². The number of ether oxygens (including phenoxy) is 1. The van der Waals surface area contributed by atoms with Gasteiger partial charge in [0.15, 0.2) is 0 Å². The van der Waals surface area contributed by atoms with E-state index in [1.165, 1.54) is 5.56 Å². The maximum absolute atomic E-state index is 5.58. The molecule has 0 bridgehead atoms. The first-order chi connectivity index (χ1) is 10.7. The molecule has 0 spiro atoms. The molecule has 1 aliphatic heterocycles. The maximum atomic E-state index is 5.58. The highest BCUT2D eigenvalue weighted by molar-refractivity contribution is 9.10. The number of anilines is 1. The van der Waals surface area contributed by atoms with Gasteiger partial charge < -0.3 is 10.1 Å². The molecule has 1 N–H and O–H groups in total. The lowest BCUT2D eigenvalue weighted by Crippen LogP contribution is -2.40. The Balaban J connectivity index is 1.85. The Bertz CT molecular complexity index is 641. The van der Waals surface area contributed by atoms with E-state index < -0.39 is 0 Å². The Morgan fingerprint density at radius 1 is 1.23 bits per heavy atom. The average Bonchev–Trinajstić information content (AvgIpc) is 2.55. The quantitative estimate of drug-likeness (QED) is 0.901. The van der Waals surface area contributed by atoms with Crippen molar-refractivity contribution < 1.29 is 4.74 Å². The minimum Gasteiger partial charge on any atom is -0.381 e. The largest absolute Gasteiger partial charge is 0.381 e. The highest BCUT2D eigenvalue weighted by Crippen LogP contribution is 2.36. The third kappa shape index (κ3) is 3.31. The molecule has 3 rings (SSSR count). The zero-order chi connectivity index (χ0) is 15.4. The van der Waals surface area contributed by atoms with Crippen molar-refractivity contribution in [3.8, 4) is 0 Å². The first-order valence-electron chi connectivity index (χ1n) is 7.55. The molecule has 0 atom stereocenters. The third-order valence-electron chi connectivity index (χ3n) is 4.36. The summed E-state index contributed by atoms with van der Waals surface area (Å²) >= 11 is 3.59. The van der Waals surface area contributed by atoms with Gasteiger partial charge in [-0.05, 0) is 37.5 Å². The zero-order valence-corrected chi connectivity index (χ0v) is 14.3. The molecule has 2 aromatic rings. The van der Waals surface area contributed by atoms with Crippen LogP contribution in [0.3, 0.4) is 0 Å². The molecule has 22 heavy (non-hydrogen) atoms. The van der Waals surface area contributed by atoms with Crippen molar-refractivity contribution in [1.82, 2.24) is 9.97 Å². The number of hydrogen-bond donors (Lipinski definition) is 1. The smallest absolute Gasteiger partial charge is 0.147 e. The van der Waals surface area contributed by atoms with Crippen LogP contribution in [0.15, 0.2) is 41.1 Å². The van der Waals surface area contributed by atoms with E-state index >= 15 is 0 Å². The van der Waals surface area contributed by atoms with E-state index in [-0.39, 0.29) is 5.41 Å². The Morgan fingerprint density at radius 2 is 2.00 bits per heavy atom. The molecule has 0 amide bonds. The predicted octanol–water partition coefficient (Wildman–Crippen LogP) is 3.71. The van der Waals surface area contributed by atoms with E-state index in [9.17, 15) is 0 Å². The summed E-state index contributed by atoms with van der Waals surface area (Å²) in [5.41, 5.74) is 2.35. The number of halogens is 1. The molecule has 2 heterocycles. The van der Waals surface area contributed by atoms with Crippen LogP contribution >= 0.6 is 15.9 Å². The van der Waals surface area contributed by atoms with Gasteiger partial charge in [0, 0.05) is 42.0 Å². The van der Waals surface area contributed by atoms with Gasteiger partial charge in [0.2, 0.25) is 0 Å². The Kier molecular flexibility index (Phi) is 4.74. The van der Waals surface area contributed by atoms with E-state index in [0.29, 0.717) is 0 Å². The van der Waals surface area contributed by atoms with E-state index in [4.69, 9.17) is 4.74 Å². The fourth-order valence-corrected chi connectivity index (χ4v) is 3.38. The van der Waals surface area contributed by atoms with Crippen molar-refractivity contribution in [2.75, 3.05) is 25.1 Å². The van der Waals surface area contributed by atoms with Crippen LogP contribution in [0, 0.1) is 6.92 Å². The minimum atomic E-state index is 0.0754. The van der Waals surface area contributed by atoms with Gasteiger partial charge in [-0.2, -0.15) is 0 Å². The predicted molar refractivity (Wildman–Crippen MR) is 91.1 cm³/mol. The molecule has 5 heteroatoms. The first-order valence-corrected chi connectivity index (χ1v) is 8.34. The summed E-state index contributed by atoms with van der Waals surface area (Å²) in [5.74, 6) is 0.864. The molecule has 0 saturated carbocycles. The molecule has 0 unspecified atom stereocenters. The van der Waals surface area contributed by atoms with Crippen LogP contribution in [0.2, 0.25) is 0 Å². The summed E-state index contributed by atoms with van der Waals surface area (Å²) in [6.45, 7) is 4.42. The van der Waals surface area contributed by atoms with Crippen LogP contribution in [-0.4, -0.2) is 29.7 Å². The van der Waals surface area contributed by atoms with Gasteiger partial charge in [-0.25, -0.2) is 4.98 Å². The van der Waals surface area contributed by atoms with Gasteiger partial charge in [-0.1, -0.05) is 28.1 Å². The fourth-order valence-electron chi connectivity index (χ4n) is 2.98. The summed E-state index contributed by atoms with van der Waals surface area (Å²) in [4.78, 5) is 8.69. The first kappa shape index (κ1) is 15.4. The van der Waals surface area contributed by atoms with Crippen molar-refractivity contribution in [2.24, 2.45) is 0 Å². The molecule has 116 valence electrons. The summed E-state index contributed by atoms with van der Waals surface area (Å²) in [6, 6.07) is 8.60. The van der Waals surface area contributed by atoms with E-state index in [1.807, 2.05) is 6.92 Å². The summed E-state index contributed by atoms with van der Waals surface area (Å²) in [5, 5.41) is 3.50. The molecular formula is C17H20BrN3O. The van der Waals surface area contributed by atoms with Gasteiger partial charge in [-0.3, -0.25) is 4.98 Å². The number of nitrogens with zero attached hydrogens (tertiary/aromatic N) is 2. The molecule has 1 saturated heterocycles. The third-order valence-corrected chi connectivity index (χ3v) is 4.86. The molecular weight excluding hydrogens is 342 g/mol. The molecule has 1 aliphatic rings. The second kappa shape index (κ2) is 6.75. The molecule has 0 aliphatic carbocycles. The lowest BCUT2D eigenvalue weighted by Gasteiger charge is -2.38. The molecule has 4 nitrogen and oxygen atoms in total. The van der Waals surface area contributed by atoms with Crippen molar-refractivity contribution in [2.45, 2.75) is 25.2 Å². The van der Waals surface area contributed by atoms with Gasteiger partial charge in [0.25, 0.3) is 0 Å². The monoisotopic (exact) mass is 361 g/mol. The van der Waals surface area contributed by atoms with E-state index in [0.717, 1.165) is 48.6 Å². The normalized spacial score (nSPS) is 17.2. The van der Waals surface area contributed by atoms with Gasteiger partial charge in [0.1, 0.15) is 5.82 Å². The van der Waals surface area contributed by atoms with Crippen molar-refractivity contribution in [3.63, 3.8) is 0 Å². The fraction of sp³-hybridized carbons (Fsp3) is 0.412. The van der Waals surface area contributed by atoms with Crippen molar-refractivity contribution in [1.29, 1.82) is 0 Å². The average molecular weight is 362 g/mol. The molecule has 0 radical (unpaired) electrons. The topological polar surface area (TPSA) is 47.0 Å².